The number of carbonyl (C=O) groups is 1. The van der Waals surface area contributed by atoms with Crippen LogP contribution in [0.5, 0.6) is 5.75 Å². The van der Waals surface area contributed by atoms with Crippen LogP contribution < -0.4 is 4.74 Å². The first-order valence-corrected chi connectivity index (χ1v) is 7.35. The number of rotatable bonds is 4. The number of oxazole rings is 1. The summed E-state index contributed by atoms with van der Waals surface area (Å²) in [7, 11) is 0. The Hall–Kier alpha value is -1.84. The molecule has 0 bridgehead atoms. The normalized spacial score (nSPS) is 16.4. The van der Waals surface area contributed by atoms with Gasteiger partial charge in [0.2, 0.25) is 0 Å². The molecular formula is C16H19NO3. The van der Waals surface area contributed by atoms with Crippen LogP contribution in [0.15, 0.2) is 29.0 Å². The Morgan fingerprint density at radius 1 is 1.30 bits per heavy atom. The summed E-state index contributed by atoms with van der Waals surface area (Å²) in [4.78, 5) is 15.9. The van der Waals surface area contributed by atoms with Crippen molar-refractivity contribution in [3.63, 3.8) is 0 Å². The van der Waals surface area contributed by atoms with Crippen LogP contribution >= 0.6 is 0 Å². The molecule has 1 aliphatic rings. The van der Waals surface area contributed by atoms with Crippen molar-refractivity contribution in [1.29, 1.82) is 0 Å². The molecule has 2 aromatic rings. The summed E-state index contributed by atoms with van der Waals surface area (Å²) in [6, 6.07) is 5.25. The molecule has 1 aromatic carbocycles. The number of fused-ring (bicyclic) bond motifs is 1. The third-order valence-electron chi connectivity index (χ3n) is 4.02. The molecule has 0 N–H and O–H groups in total. The summed E-state index contributed by atoms with van der Waals surface area (Å²) in [5.74, 6) is 1.09. The van der Waals surface area contributed by atoms with E-state index in [1.807, 2.05) is 0 Å². The lowest BCUT2D eigenvalue weighted by atomic mass is 9.86. The predicted molar refractivity (Wildman–Crippen MR) is 75.5 cm³/mol. The van der Waals surface area contributed by atoms with Crippen LogP contribution in [0.25, 0.3) is 11.1 Å². The summed E-state index contributed by atoms with van der Waals surface area (Å²) >= 11 is 0. The van der Waals surface area contributed by atoms with Crippen LogP contribution in [0.2, 0.25) is 0 Å². The average Bonchev–Trinajstić information content (AvgIpc) is 2.94. The molecule has 0 spiro atoms. The van der Waals surface area contributed by atoms with Crippen LogP contribution in [0.1, 0.15) is 44.9 Å². The quantitative estimate of drug-likeness (QED) is 0.621. The van der Waals surface area contributed by atoms with Crippen LogP contribution in [-0.2, 0) is 4.79 Å². The maximum absolute atomic E-state index is 11.9. The predicted octanol–water partition coefficient (Wildman–Crippen LogP) is 4.09. The SMILES string of the molecule is O=C(CCC1CCCCC1)Oc1ccc2ocnc2c1. The molecule has 0 amide bonds. The number of ether oxygens (including phenoxy) is 1. The van der Waals surface area contributed by atoms with Gasteiger partial charge in [-0.2, -0.15) is 0 Å². The largest absolute Gasteiger partial charge is 0.443 e. The highest BCUT2D eigenvalue weighted by Gasteiger charge is 2.15. The fraction of sp³-hybridized carbons (Fsp3) is 0.500. The van der Waals surface area contributed by atoms with Crippen LogP contribution in [-0.4, -0.2) is 11.0 Å². The summed E-state index contributed by atoms with van der Waals surface area (Å²) < 4.78 is 10.5. The van der Waals surface area contributed by atoms with Gasteiger partial charge in [0.25, 0.3) is 0 Å². The second-order valence-corrected chi connectivity index (χ2v) is 5.50. The maximum atomic E-state index is 11.9. The van der Waals surface area contributed by atoms with Crippen molar-refractivity contribution in [2.75, 3.05) is 0 Å². The van der Waals surface area contributed by atoms with E-state index >= 15 is 0 Å². The van der Waals surface area contributed by atoms with Crippen molar-refractivity contribution in [1.82, 2.24) is 4.98 Å². The lowest BCUT2D eigenvalue weighted by Crippen LogP contribution is -2.12. The Kier molecular flexibility index (Phi) is 4.00. The number of esters is 1. The third kappa shape index (κ3) is 3.18. The van der Waals surface area contributed by atoms with E-state index in [9.17, 15) is 4.79 Å². The first-order valence-electron chi connectivity index (χ1n) is 7.35. The van der Waals surface area contributed by atoms with Crippen molar-refractivity contribution in [2.24, 2.45) is 5.92 Å². The Bertz CT molecular complexity index is 584. The summed E-state index contributed by atoms with van der Waals surface area (Å²) in [5, 5.41) is 0. The van der Waals surface area contributed by atoms with Gasteiger partial charge in [-0.25, -0.2) is 4.98 Å². The minimum absolute atomic E-state index is 0.154. The first-order chi connectivity index (χ1) is 9.81. The molecular weight excluding hydrogens is 254 g/mol. The number of hydrogen-bond acceptors (Lipinski definition) is 4. The molecule has 0 atom stereocenters. The van der Waals surface area contributed by atoms with Gasteiger partial charge in [-0.15, -0.1) is 0 Å². The molecule has 1 saturated carbocycles. The second kappa shape index (κ2) is 6.07. The van der Waals surface area contributed by atoms with Crippen molar-refractivity contribution in [3.8, 4) is 5.75 Å². The standard InChI is InChI=1S/C16H19NO3/c18-16(9-6-12-4-2-1-3-5-12)20-13-7-8-15-14(10-13)17-11-19-15/h7-8,10-12H,1-6,9H2. The lowest BCUT2D eigenvalue weighted by molar-refractivity contribution is -0.134. The van der Waals surface area contributed by atoms with E-state index in [-0.39, 0.29) is 5.97 Å². The van der Waals surface area contributed by atoms with Gasteiger partial charge in [0, 0.05) is 12.5 Å². The van der Waals surface area contributed by atoms with Crippen LogP contribution in [0, 0.1) is 5.92 Å². The highest BCUT2D eigenvalue weighted by molar-refractivity contribution is 5.77. The number of nitrogens with zero attached hydrogens (tertiary/aromatic N) is 1. The van der Waals surface area contributed by atoms with E-state index in [1.165, 1.54) is 38.5 Å². The zero-order valence-corrected chi connectivity index (χ0v) is 11.5. The molecule has 4 heteroatoms. The zero-order valence-electron chi connectivity index (χ0n) is 11.5. The van der Waals surface area contributed by atoms with Gasteiger partial charge in [-0.3, -0.25) is 4.79 Å². The lowest BCUT2D eigenvalue weighted by Gasteiger charge is -2.20. The summed E-state index contributed by atoms with van der Waals surface area (Å²) in [6.07, 6.45) is 9.33. The van der Waals surface area contributed by atoms with E-state index in [2.05, 4.69) is 4.98 Å². The van der Waals surface area contributed by atoms with Crippen molar-refractivity contribution >= 4 is 17.1 Å². The molecule has 0 aliphatic heterocycles. The molecule has 0 saturated heterocycles. The van der Waals surface area contributed by atoms with Crippen LogP contribution in [0.3, 0.4) is 0 Å². The third-order valence-corrected chi connectivity index (χ3v) is 4.02. The minimum atomic E-state index is -0.154. The number of hydrogen-bond donors (Lipinski definition) is 0. The summed E-state index contributed by atoms with van der Waals surface area (Å²) in [5.41, 5.74) is 1.41. The van der Waals surface area contributed by atoms with Gasteiger partial charge in [0.15, 0.2) is 12.0 Å². The maximum Gasteiger partial charge on any atom is 0.311 e. The molecule has 106 valence electrons. The first kappa shape index (κ1) is 13.2. The van der Waals surface area contributed by atoms with Gasteiger partial charge >= 0.3 is 5.97 Å². The average molecular weight is 273 g/mol. The molecule has 20 heavy (non-hydrogen) atoms. The van der Waals surface area contributed by atoms with Gasteiger partial charge in [-0.05, 0) is 24.5 Å². The van der Waals surface area contributed by atoms with E-state index < -0.39 is 0 Å². The molecule has 4 nitrogen and oxygen atoms in total. The molecule has 0 unspecified atom stereocenters. The number of aromatic nitrogens is 1. The topological polar surface area (TPSA) is 52.3 Å². The Balaban J connectivity index is 1.52. The number of benzene rings is 1. The summed E-state index contributed by atoms with van der Waals surface area (Å²) in [6.45, 7) is 0. The molecule has 1 heterocycles. The van der Waals surface area contributed by atoms with Gasteiger partial charge < -0.3 is 9.15 Å². The van der Waals surface area contributed by atoms with Gasteiger partial charge in [-0.1, -0.05) is 32.1 Å². The van der Waals surface area contributed by atoms with Crippen LogP contribution in [0.4, 0.5) is 0 Å². The highest BCUT2D eigenvalue weighted by Crippen LogP contribution is 2.27. The van der Waals surface area contributed by atoms with E-state index in [1.54, 1.807) is 18.2 Å². The molecule has 1 fully saturated rings. The minimum Gasteiger partial charge on any atom is -0.443 e. The van der Waals surface area contributed by atoms with E-state index in [0.29, 0.717) is 29.2 Å². The molecule has 1 aromatic heterocycles. The fourth-order valence-electron chi connectivity index (χ4n) is 2.88. The Morgan fingerprint density at radius 2 is 2.15 bits per heavy atom. The van der Waals surface area contributed by atoms with E-state index in [4.69, 9.17) is 9.15 Å². The van der Waals surface area contributed by atoms with Crippen molar-refractivity contribution in [3.05, 3.63) is 24.6 Å². The van der Waals surface area contributed by atoms with E-state index in [0.717, 1.165) is 6.42 Å². The monoisotopic (exact) mass is 273 g/mol. The molecule has 0 radical (unpaired) electrons. The second-order valence-electron chi connectivity index (χ2n) is 5.50. The molecule has 3 rings (SSSR count). The fourth-order valence-corrected chi connectivity index (χ4v) is 2.88. The zero-order chi connectivity index (χ0) is 13.8. The smallest absolute Gasteiger partial charge is 0.311 e. The number of carbonyl (C=O) groups excluding carboxylic acids is 1. The Morgan fingerprint density at radius 3 is 3.00 bits per heavy atom. The van der Waals surface area contributed by atoms with Gasteiger partial charge in [0.1, 0.15) is 11.3 Å². The van der Waals surface area contributed by atoms with Crippen molar-refractivity contribution < 1.29 is 13.9 Å². The van der Waals surface area contributed by atoms with Crippen molar-refractivity contribution in [2.45, 2.75) is 44.9 Å². The highest BCUT2D eigenvalue weighted by atomic mass is 16.5. The Labute approximate surface area is 118 Å². The van der Waals surface area contributed by atoms with Gasteiger partial charge in [0.05, 0.1) is 0 Å². The molecule has 1 aliphatic carbocycles.